The number of hydrogen-bond donors (Lipinski definition) is 1. The van der Waals surface area contributed by atoms with E-state index in [1.807, 2.05) is 0 Å². The van der Waals surface area contributed by atoms with Gasteiger partial charge in [0.25, 0.3) is 17.2 Å². The molecule has 4 rings (SSSR count). The van der Waals surface area contributed by atoms with Crippen LogP contribution in [0.1, 0.15) is 21.9 Å². The van der Waals surface area contributed by atoms with Crippen molar-refractivity contribution in [2.24, 2.45) is 0 Å². The number of hydrogen-bond acceptors (Lipinski definition) is 6. The van der Waals surface area contributed by atoms with E-state index in [2.05, 4.69) is 15.1 Å². The van der Waals surface area contributed by atoms with Crippen LogP contribution in [0.2, 0.25) is 5.02 Å². The maximum Gasteiger partial charge on any atom is 0.274 e. The minimum Gasteiger partial charge on any atom is -0.493 e. The highest BCUT2D eigenvalue weighted by molar-refractivity contribution is 6.30. The molecule has 0 aliphatic rings. The molecule has 9 nitrogen and oxygen atoms in total. The summed E-state index contributed by atoms with van der Waals surface area (Å²) in [6.45, 7) is 1.78. The highest BCUT2D eigenvalue weighted by Gasteiger charge is 2.22. The summed E-state index contributed by atoms with van der Waals surface area (Å²) in [4.78, 5) is 35.9. The molecule has 1 amide bonds. The largest absolute Gasteiger partial charge is 0.493 e. The Kier molecular flexibility index (Phi) is 5.83. The van der Waals surface area contributed by atoms with Crippen LogP contribution in [-0.4, -0.2) is 39.7 Å². The zero-order chi connectivity index (χ0) is 22.8. The van der Waals surface area contributed by atoms with Crippen LogP contribution in [0, 0.1) is 6.92 Å². The fraction of sp³-hybridized carbons (Fsp3) is 0.182. The predicted molar refractivity (Wildman–Crippen MR) is 120 cm³/mol. The molecule has 0 radical (unpaired) electrons. The third-order valence-electron chi connectivity index (χ3n) is 4.83. The monoisotopic (exact) mass is 453 g/mol. The second-order valence-electron chi connectivity index (χ2n) is 6.98. The number of nitrogens with one attached hydrogen (secondary N) is 1. The van der Waals surface area contributed by atoms with Crippen molar-refractivity contribution in [3.05, 3.63) is 81.0 Å². The Labute approximate surface area is 188 Å². The summed E-state index contributed by atoms with van der Waals surface area (Å²) >= 11 is 6.03. The lowest BCUT2D eigenvalue weighted by Gasteiger charge is -2.22. The number of amides is 1. The molecule has 0 aliphatic carbocycles. The van der Waals surface area contributed by atoms with Gasteiger partial charge in [-0.15, -0.1) is 0 Å². The molecule has 0 bridgehead atoms. The van der Waals surface area contributed by atoms with E-state index in [4.69, 9.17) is 21.1 Å². The molecule has 1 N–H and O–H groups in total. The van der Waals surface area contributed by atoms with Gasteiger partial charge in [-0.3, -0.25) is 14.7 Å². The van der Waals surface area contributed by atoms with E-state index >= 15 is 0 Å². The van der Waals surface area contributed by atoms with Crippen molar-refractivity contribution in [1.29, 1.82) is 0 Å². The molecule has 0 aliphatic heterocycles. The predicted octanol–water partition coefficient (Wildman–Crippen LogP) is 3.24. The Morgan fingerprint density at radius 1 is 1.06 bits per heavy atom. The number of aromatic nitrogens is 4. The van der Waals surface area contributed by atoms with Crippen molar-refractivity contribution in [3.63, 3.8) is 0 Å². The number of carbonyl (C=O) groups excluding carboxylic acids is 1. The Morgan fingerprint density at radius 2 is 1.78 bits per heavy atom. The number of anilines is 1. The number of fused-ring (bicyclic) bond motifs is 1. The van der Waals surface area contributed by atoms with Crippen molar-refractivity contribution >= 4 is 29.0 Å². The quantitative estimate of drug-likeness (QED) is 0.481. The van der Waals surface area contributed by atoms with Gasteiger partial charge in [-0.1, -0.05) is 11.6 Å². The summed E-state index contributed by atoms with van der Waals surface area (Å²) in [7, 11) is 3.03. The lowest BCUT2D eigenvalue weighted by atomic mass is 10.1. The summed E-state index contributed by atoms with van der Waals surface area (Å²) in [5.74, 6) is 1.28. The highest BCUT2D eigenvalue weighted by Crippen LogP contribution is 2.29. The maximum absolute atomic E-state index is 13.5. The summed E-state index contributed by atoms with van der Waals surface area (Å²) < 4.78 is 11.8. The first-order valence-electron chi connectivity index (χ1n) is 9.64. The Hall–Kier alpha value is -3.85. The van der Waals surface area contributed by atoms with Crippen molar-refractivity contribution < 1.29 is 14.3 Å². The summed E-state index contributed by atoms with van der Waals surface area (Å²) in [5.41, 5.74) is 1.27. The average Bonchev–Trinajstić information content (AvgIpc) is 3.20. The smallest absolute Gasteiger partial charge is 0.274 e. The SMILES string of the molecule is COc1ccc(C(=O)N(Cc2nc3nc(C)cc(=O)n3[nH]2)c2ccc(Cl)cc2)cc1OC. The molecule has 0 unspecified atom stereocenters. The minimum atomic E-state index is -0.301. The number of carbonyl (C=O) groups is 1. The fourth-order valence-electron chi connectivity index (χ4n) is 3.28. The summed E-state index contributed by atoms with van der Waals surface area (Å²) in [6.07, 6.45) is 0. The number of methoxy groups -OCH3 is 2. The Morgan fingerprint density at radius 3 is 2.47 bits per heavy atom. The van der Waals surface area contributed by atoms with Gasteiger partial charge in [0.2, 0.25) is 0 Å². The Bertz CT molecular complexity index is 1350. The normalized spacial score (nSPS) is 10.9. The molecule has 32 heavy (non-hydrogen) atoms. The van der Waals surface area contributed by atoms with Gasteiger partial charge in [-0.2, -0.15) is 9.50 Å². The second kappa shape index (κ2) is 8.72. The average molecular weight is 454 g/mol. The standard InChI is InChI=1S/C22H20ClN5O4/c1-13-10-20(29)28-22(24-13)25-19(26-28)12-27(16-7-5-15(23)6-8-16)21(30)14-4-9-17(31-2)18(11-14)32-3/h4-11H,12H2,1-3H3,(H,24,25,26). The van der Waals surface area contributed by atoms with Gasteiger partial charge in [0.1, 0.15) is 5.82 Å². The lowest BCUT2D eigenvalue weighted by Crippen LogP contribution is -2.31. The molecule has 10 heteroatoms. The van der Waals surface area contributed by atoms with E-state index in [1.165, 1.54) is 29.7 Å². The topological polar surface area (TPSA) is 102 Å². The van der Waals surface area contributed by atoms with Crippen LogP contribution in [0.5, 0.6) is 11.5 Å². The molecule has 0 atom stereocenters. The zero-order valence-corrected chi connectivity index (χ0v) is 18.4. The number of ether oxygens (including phenoxy) is 2. The van der Waals surface area contributed by atoms with E-state index in [0.29, 0.717) is 39.3 Å². The highest BCUT2D eigenvalue weighted by atomic mass is 35.5. The van der Waals surface area contributed by atoms with E-state index < -0.39 is 0 Å². The van der Waals surface area contributed by atoms with Gasteiger partial charge in [-0.25, -0.2) is 4.98 Å². The van der Waals surface area contributed by atoms with Crippen LogP contribution in [0.15, 0.2) is 53.3 Å². The summed E-state index contributed by atoms with van der Waals surface area (Å²) in [6, 6.07) is 13.2. The number of nitrogens with zero attached hydrogens (tertiary/aromatic N) is 4. The molecule has 0 spiro atoms. The minimum absolute atomic E-state index is 0.0661. The van der Waals surface area contributed by atoms with Gasteiger partial charge >= 0.3 is 0 Å². The number of benzene rings is 2. The van der Waals surface area contributed by atoms with E-state index in [1.54, 1.807) is 49.4 Å². The van der Waals surface area contributed by atoms with E-state index in [0.717, 1.165) is 0 Å². The van der Waals surface area contributed by atoms with Crippen LogP contribution < -0.4 is 19.9 Å². The van der Waals surface area contributed by atoms with Crippen LogP contribution in [0.25, 0.3) is 5.78 Å². The van der Waals surface area contributed by atoms with Crippen LogP contribution in [0.3, 0.4) is 0 Å². The molecular weight excluding hydrogens is 434 g/mol. The third kappa shape index (κ3) is 4.15. The molecule has 164 valence electrons. The molecule has 2 aromatic heterocycles. The molecule has 2 heterocycles. The Balaban J connectivity index is 1.76. The van der Waals surface area contributed by atoms with Gasteiger partial charge in [-0.05, 0) is 49.4 Å². The summed E-state index contributed by atoms with van der Waals surface area (Å²) in [5, 5.41) is 3.46. The first kappa shape index (κ1) is 21.4. The van der Waals surface area contributed by atoms with Gasteiger partial charge in [0.05, 0.1) is 20.8 Å². The molecule has 0 saturated carbocycles. The molecule has 4 aromatic rings. The van der Waals surface area contributed by atoms with Crippen LogP contribution in [0.4, 0.5) is 5.69 Å². The fourth-order valence-corrected chi connectivity index (χ4v) is 3.41. The van der Waals surface area contributed by atoms with Crippen molar-refractivity contribution in [2.75, 3.05) is 19.1 Å². The zero-order valence-electron chi connectivity index (χ0n) is 17.6. The third-order valence-corrected chi connectivity index (χ3v) is 5.08. The first-order valence-corrected chi connectivity index (χ1v) is 10.0. The second-order valence-corrected chi connectivity index (χ2v) is 7.42. The molecule has 0 saturated heterocycles. The van der Waals surface area contributed by atoms with Crippen molar-refractivity contribution in [1.82, 2.24) is 19.6 Å². The van der Waals surface area contributed by atoms with Crippen molar-refractivity contribution in [2.45, 2.75) is 13.5 Å². The number of halogens is 1. The van der Waals surface area contributed by atoms with Crippen LogP contribution in [-0.2, 0) is 6.54 Å². The number of H-pyrrole nitrogens is 1. The molecular formula is C22H20ClN5O4. The number of aromatic amines is 1. The van der Waals surface area contributed by atoms with Crippen LogP contribution >= 0.6 is 11.6 Å². The molecule has 0 fully saturated rings. The van der Waals surface area contributed by atoms with Gasteiger partial charge in [0, 0.05) is 28.0 Å². The van der Waals surface area contributed by atoms with Crippen molar-refractivity contribution in [3.8, 4) is 11.5 Å². The van der Waals surface area contributed by atoms with Gasteiger partial charge < -0.3 is 14.4 Å². The van der Waals surface area contributed by atoms with E-state index in [9.17, 15) is 9.59 Å². The number of aryl methyl sites for hydroxylation is 1. The van der Waals surface area contributed by atoms with Gasteiger partial charge in [0.15, 0.2) is 11.5 Å². The maximum atomic E-state index is 13.5. The first-order chi connectivity index (χ1) is 15.4. The van der Waals surface area contributed by atoms with E-state index in [-0.39, 0.29) is 23.8 Å². The molecule has 2 aromatic carbocycles. The lowest BCUT2D eigenvalue weighted by molar-refractivity contribution is 0.0984. The number of rotatable bonds is 6.